The summed E-state index contributed by atoms with van der Waals surface area (Å²) in [4.78, 5) is 39.8. The van der Waals surface area contributed by atoms with Gasteiger partial charge >= 0.3 is 5.97 Å². The number of carbonyl (C=O) groups excluding carboxylic acids is 3. The summed E-state index contributed by atoms with van der Waals surface area (Å²) in [6.45, 7) is 0. The van der Waals surface area contributed by atoms with Gasteiger partial charge in [-0.2, -0.15) is 0 Å². The van der Waals surface area contributed by atoms with Gasteiger partial charge in [0.05, 0.1) is 23.1 Å². The van der Waals surface area contributed by atoms with E-state index in [1.807, 2.05) is 6.07 Å². The number of imide groups is 1. The highest BCUT2D eigenvalue weighted by atomic mass is 16.5. The van der Waals surface area contributed by atoms with Crippen molar-refractivity contribution < 1.29 is 19.1 Å². The van der Waals surface area contributed by atoms with Crippen LogP contribution in [0.1, 0.15) is 16.8 Å². The fraction of sp³-hybridized carbons (Fsp3) is 0.292. The van der Waals surface area contributed by atoms with E-state index >= 15 is 0 Å². The Bertz CT molecular complexity index is 1020. The third kappa shape index (κ3) is 2.36. The van der Waals surface area contributed by atoms with Gasteiger partial charge in [0.25, 0.3) is 0 Å². The highest BCUT2D eigenvalue weighted by molar-refractivity contribution is 6.22. The first-order chi connectivity index (χ1) is 14.1. The van der Waals surface area contributed by atoms with Crippen molar-refractivity contribution in [3.63, 3.8) is 0 Å². The first-order valence-corrected chi connectivity index (χ1v) is 10.1. The third-order valence-corrected chi connectivity index (χ3v) is 6.98. The van der Waals surface area contributed by atoms with E-state index < -0.39 is 5.97 Å². The van der Waals surface area contributed by atoms with Gasteiger partial charge in [0, 0.05) is 0 Å². The number of rotatable bonds is 3. The van der Waals surface area contributed by atoms with Crippen molar-refractivity contribution in [2.45, 2.75) is 6.42 Å². The van der Waals surface area contributed by atoms with Crippen LogP contribution in [-0.2, 0) is 9.59 Å². The predicted molar refractivity (Wildman–Crippen MR) is 105 cm³/mol. The molecule has 2 amide bonds. The Hall–Kier alpha value is -3.21. The molecular weight excluding hydrogens is 366 g/mol. The zero-order chi connectivity index (χ0) is 19.7. The molecule has 3 fully saturated rings. The fourth-order valence-corrected chi connectivity index (χ4v) is 5.61. The van der Waals surface area contributed by atoms with Crippen LogP contribution < -0.4 is 9.64 Å². The molecule has 2 bridgehead atoms. The topological polar surface area (TPSA) is 63.7 Å². The Labute approximate surface area is 168 Å². The van der Waals surface area contributed by atoms with Crippen LogP contribution in [0.15, 0.2) is 66.7 Å². The molecule has 29 heavy (non-hydrogen) atoms. The molecule has 5 nitrogen and oxygen atoms in total. The SMILES string of the molecule is O=C(Oc1ccc(N2C(=O)[C@@H]3[C@H]4C=C[C@@H]([C@@H]5C[C@H]45)[C@@H]3C2=O)cc1)c1ccccc1. The molecule has 0 spiro atoms. The van der Waals surface area contributed by atoms with Gasteiger partial charge in [0.1, 0.15) is 5.75 Å². The van der Waals surface area contributed by atoms with Gasteiger partial charge < -0.3 is 4.74 Å². The van der Waals surface area contributed by atoms with E-state index in [9.17, 15) is 14.4 Å². The highest BCUT2D eigenvalue weighted by Gasteiger charge is 2.67. The first kappa shape index (κ1) is 16.7. The van der Waals surface area contributed by atoms with Crippen LogP contribution in [0.25, 0.3) is 0 Å². The maximum absolute atomic E-state index is 13.1. The van der Waals surface area contributed by atoms with Crippen LogP contribution in [0, 0.1) is 35.5 Å². The van der Waals surface area contributed by atoms with Crippen molar-refractivity contribution in [1.82, 2.24) is 0 Å². The smallest absolute Gasteiger partial charge is 0.343 e. The van der Waals surface area contributed by atoms with Crippen LogP contribution in [-0.4, -0.2) is 17.8 Å². The summed E-state index contributed by atoms with van der Waals surface area (Å²) < 4.78 is 5.39. The normalized spacial score (nSPS) is 33.4. The Morgan fingerprint density at radius 3 is 2.00 bits per heavy atom. The van der Waals surface area contributed by atoms with Crippen LogP contribution in [0.4, 0.5) is 5.69 Å². The van der Waals surface area contributed by atoms with E-state index in [-0.39, 0.29) is 35.5 Å². The van der Waals surface area contributed by atoms with E-state index in [4.69, 9.17) is 4.74 Å². The molecule has 2 aromatic rings. The van der Waals surface area contributed by atoms with Crippen molar-refractivity contribution in [3.8, 4) is 5.75 Å². The number of esters is 1. The molecule has 7 rings (SSSR count). The summed E-state index contributed by atoms with van der Waals surface area (Å²) in [5.41, 5.74) is 1.01. The van der Waals surface area contributed by atoms with Crippen molar-refractivity contribution in [2.75, 3.05) is 4.90 Å². The van der Waals surface area contributed by atoms with Gasteiger partial charge in [-0.1, -0.05) is 30.4 Å². The molecule has 0 N–H and O–H groups in total. The molecule has 1 heterocycles. The van der Waals surface area contributed by atoms with Gasteiger partial charge in [-0.05, 0) is 66.5 Å². The molecule has 4 aliphatic carbocycles. The molecule has 144 valence electrons. The summed E-state index contributed by atoms with van der Waals surface area (Å²) >= 11 is 0. The maximum atomic E-state index is 13.1. The molecule has 5 heteroatoms. The van der Waals surface area contributed by atoms with E-state index in [0.29, 0.717) is 28.8 Å². The molecule has 0 unspecified atom stereocenters. The zero-order valence-electron chi connectivity index (χ0n) is 15.6. The molecule has 0 radical (unpaired) electrons. The lowest BCUT2D eigenvalue weighted by atomic mass is 9.63. The van der Waals surface area contributed by atoms with Crippen LogP contribution in [0.3, 0.4) is 0 Å². The second-order valence-electron chi connectivity index (χ2n) is 8.42. The van der Waals surface area contributed by atoms with Crippen LogP contribution in [0.2, 0.25) is 0 Å². The minimum atomic E-state index is -0.445. The second kappa shape index (κ2) is 5.89. The molecule has 2 aromatic carbocycles. The lowest BCUT2D eigenvalue weighted by Crippen LogP contribution is -2.40. The van der Waals surface area contributed by atoms with Crippen LogP contribution in [0.5, 0.6) is 5.75 Å². The predicted octanol–water partition coefficient (Wildman–Crippen LogP) is 3.46. The average molecular weight is 385 g/mol. The van der Waals surface area contributed by atoms with Crippen molar-refractivity contribution >= 4 is 23.5 Å². The molecule has 1 saturated heterocycles. The Morgan fingerprint density at radius 2 is 1.41 bits per heavy atom. The third-order valence-electron chi connectivity index (χ3n) is 6.98. The van der Waals surface area contributed by atoms with Crippen LogP contribution >= 0.6 is 0 Å². The lowest BCUT2D eigenvalue weighted by Gasteiger charge is -2.37. The number of hydrogen-bond acceptors (Lipinski definition) is 4. The van der Waals surface area contributed by atoms with Gasteiger partial charge in [-0.3, -0.25) is 14.5 Å². The first-order valence-electron chi connectivity index (χ1n) is 10.1. The number of anilines is 1. The zero-order valence-corrected chi connectivity index (χ0v) is 15.6. The van der Waals surface area contributed by atoms with Crippen molar-refractivity contribution in [1.29, 1.82) is 0 Å². The van der Waals surface area contributed by atoms with E-state index in [2.05, 4.69) is 12.2 Å². The quantitative estimate of drug-likeness (QED) is 0.351. The maximum Gasteiger partial charge on any atom is 0.343 e. The number of ether oxygens (including phenoxy) is 1. The number of benzene rings is 2. The fourth-order valence-electron chi connectivity index (χ4n) is 5.61. The van der Waals surface area contributed by atoms with E-state index in [1.54, 1.807) is 48.5 Å². The number of carbonyl (C=O) groups is 3. The Morgan fingerprint density at radius 1 is 0.828 bits per heavy atom. The molecule has 1 aliphatic heterocycles. The lowest BCUT2D eigenvalue weighted by molar-refractivity contribution is -0.124. The van der Waals surface area contributed by atoms with Gasteiger partial charge in [-0.25, -0.2) is 4.79 Å². The summed E-state index contributed by atoms with van der Waals surface area (Å²) in [6, 6.07) is 15.4. The molecular formula is C24H19NO4. The number of nitrogens with zero attached hydrogens (tertiary/aromatic N) is 1. The Kier molecular flexibility index (Phi) is 3.40. The van der Waals surface area contributed by atoms with Gasteiger partial charge in [0.2, 0.25) is 11.8 Å². The molecule has 0 aromatic heterocycles. The summed E-state index contributed by atoms with van der Waals surface area (Å²) in [5, 5.41) is 0. The standard InChI is InChI=1S/C24H19NO4/c26-22-20-16-10-11-17(19-12-18(16)19)21(20)23(27)25(22)14-6-8-15(9-7-14)29-24(28)13-4-2-1-3-5-13/h1-11,16-21H,12H2/t16-,17-,18-,19+,20-,21+/m0/s1. The molecule has 6 atom stereocenters. The molecule has 2 saturated carbocycles. The minimum Gasteiger partial charge on any atom is -0.423 e. The number of hydrogen-bond donors (Lipinski definition) is 0. The van der Waals surface area contributed by atoms with E-state index in [1.165, 1.54) is 4.90 Å². The summed E-state index contributed by atoms with van der Waals surface area (Å²) in [7, 11) is 0. The Balaban J connectivity index is 1.23. The average Bonchev–Trinajstić information content (AvgIpc) is 3.53. The monoisotopic (exact) mass is 385 g/mol. The number of allylic oxidation sites excluding steroid dienone is 2. The summed E-state index contributed by atoms with van der Waals surface area (Å²) in [5.74, 6) is 0.934. The highest BCUT2D eigenvalue weighted by Crippen LogP contribution is 2.65. The van der Waals surface area contributed by atoms with Gasteiger partial charge in [0.15, 0.2) is 0 Å². The summed E-state index contributed by atoms with van der Waals surface area (Å²) in [6.07, 6.45) is 5.49. The molecule has 5 aliphatic rings. The van der Waals surface area contributed by atoms with Crippen molar-refractivity contribution in [3.05, 3.63) is 72.3 Å². The van der Waals surface area contributed by atoms with Gasteiger partial charge in [-0.15, -0.1) is 0 Å². The largest absolute Gasteiger partial charge is 0.423 e. The van der Waals surface area contributed by atoms with Crippen molar-refractivity contribution in [2.24, 2.45) is 35.5 Å². The van der Waals surface area contributed by atoms with E-state index in [0.717, 1.165) is 6.42 Å². The number of amides is 2. The second-order valence-corrected chi connectivity index (χ2v) is 8.42. The minimum absolute atomic E-state index is 0.0845.